The van der Waals surface area contributed by atoms with E-state index in [2.05, 4.69) is 20.6 Å². The topological polar surface area (TPSA) is 33.2 Å². The molecule has 1 fully saturated rings. The third-order valence-corrected chi connectivity index (χ3v) is 5.69. The number of carbonyl (C=O) groups excluding carboxylic acids is 1. The Morgan fingerprint density at radius 1 is 1.45 bits per heavy atom. The van der Waals surface area contributed by atoms with Gasteiger partial charge in [-0.15, -0.1) is 22.7 Å². The van der Waals surface area contributed by atoms with Crippen molar-refractivity contribution in [2.45, 2.75) is 38.8 Å². The highest BCUT2D eigenvalue weighted by molar-refractivity contribution is 7.12. The lowest BCUT2D eigenvalue weighted by molar-refractivity contribution is 0.102. The molecule has 0 N–H and O–H groups in total. The Morgan fingerprint density at radius 2 is 2.35 bits per heavy atom. The van der Waals surface area contributed by atoms with Gasteiger partial charge in [0.15, 0.2) is 5.78 Å². The van der Waals surface area contributed by atoms with Crippen LogP contribution in [0.3, 0.4) is 0 Å². The van der Waals surface area contributed by atoms with E-state index in [0.29, 0.717) is 6.04 Å². The number of rotatable bonds is 4. The zero-order chi connectivity index (χ0) is 13.9. The fourth-order valence-electron chi connectivity index (χ4n) is 2.74. The van der Waals surface area contributed by atoms with Gasteiger partial charge in [-0.1, -0.05) is 6.42 Å². The van der Waals surface area contributed by atoms with E-state index in [1.54, 1.807) is 29.6 Å². The van der Waals surface area contributed by atoms with Crippen LogP contribution in [0.1, 0.15) is 52.5 Å². The van der Waals surface area contributed by atoms with Gasteiger partial charge in [-0.05, 0) is 43.3 Å². The molecule has 20 heavy (non-hydrogen) atoms. The maximum absolute atomic E-state index is 11.4. The minimum Gasteiger partial charge on any atom is -0.294 e. The number of hydrogen-bond acceptors (Lipinski definition) is 5. The van der Waals surface area contributed by atoms with Gasteiger partial charge in [0.05, 0.1) is 10.9 Å². The van der Waals surface area contributed by atoms with Crippen LogP contribution in [0.25, 0.3) is 0 Å². The van der Waals surface area contributed by atoms with Crippen LogP contribution < -0.4 is 0 Å². The first-order valence-electron chi connectivity index (χ1n) is 6.96. The van der Waals surface area contributed by atoms with Crippen LogP contribution in [0.15, 0.2) is 23.0 Å². The molecule has 0 unspecified atom stereocenters. The number of hydrogen-bond donors (Lipinski definition) is 0. The van der Waals surface area contributed by atoms with E-state index >= 15 is 0 Å². The van der Waals surface area contributed by atoms with E-state index in [0.717, 1.165) is 18.0 Å². The molecule has 3 rings (SSSR count). The highest BCUT2D eigenvalue weighted by Gasteiger charge is 2.26. The van der Waals surface area contributed by atoms with Gasteiger partial charge in [0.2, 0.25) is 0 Å². The number of thiophene rings is 1. The van der Waals surface area contributed by atoms with Crippen molar-refractivity contribution in [2.75, 3.05) is 6.54 Å². The van der Waals surface area contributed by atoms with Crippen molar-refractivity contribution >= 4 is 28.5 Å². The molecule has 3 heterocycles. The van der Waals surface area contributed by atoms with Crippen LogP contribution in [0, 0.1) is 0 Å². The molecule has 5 heteroatoms. The summed E-state index contributed by atoms with van der Waals surface area (Å²) in [4.78, 5) is 19.3. The average molecular weight is 306 g/mol. The highest BCUT2D eigenvalue weighted by atomic mass is 32.1. The third kappa shape index (κ3) is 3.00. The Hall–Kier alpha value is -1.04. The number of Topliss-reactive ketones (excluding diaryl/α,β-unsaturated/α-hetero) is 1. The summed E-state index contributed by atoms with van der Waals surface area (Å²) in [5.74, 6) is 0.163. The first-order chi connectivity index (χ1) is 9.74. The molecular weight excluding hydrogens is 288 g/mol. The van der Waals surface area contributed by atoms with Crippen LogP contribution in [0.4, 0.5) is 0 Å². The molecule has 0 spiro atoms. The van der Waals surface area contributed by atoms with Gasteiger partial charge in [0.1, 0.15) is 5.01 Å². The first-order valence-corrected chi connectivity index (χ1v) is 8.72. The molecule has 2 aromatic rings. The van der Waals surface area contributed by atoms with E-state index in [4.69, 9.17) is 0 Å². The Labute approximate surface area is 127 Å². The fourth-order valence-corrected chi connectivity index (χ4v) is 4.35. The van der Waals surface area contributed by atoms with E-state index < -0.39 is 0 Å². The smallest absolute Gasteiger partial charge is 0.169 e. The number of piperidine rings is 1. The maximum atomic E-state index is 11.4. The van der Waals surface area contributed by atoms with E-state index in [1.807, 2.05) is 12.3 Å². The Morgan fingerprint density at radius 3 is 3.05 bits per heavy atom. The molecule has 2 aromatic heterocycles. The summed E-state index contributed by atoms with van der Waals surface area (Å²) < 4.78 is 0. The van der Waals surface area contributed by atoms with Crippen LogP contribution in [0.5, 0.6) is 0 Å². The number of ketones is 1. The predicted molar refractivity (Wildman–Crippen MR) is 83.4 cm³/mol. The minimum absolute atomic E-state index is 0.163. The van der Waals surface area contributed by atoms with Gasteiger partial charge in [-0.3, -0.25) is 9.69 Å². The maximum Gasteiger partial charge on any atom is 0.169 e. The number of nitrogens with zero attached hydrogens (tertiary/aromatic N) is 2. The first kappa shape index (κ1) is 13.9. The van der Waals surface area contributed by atoms with Crippen LogP contribution in [-0.2, 0) is 6.54 Å². The molecule has 3 nitrogen and oxygen atoms in total. The van der Waals surface area contributed by atoms with Crippen molar-refractivity contribution in [1.82, 2.24) is 9.88 Å². The summed E-state index contributed by atoms with van der Waals surface area (Å²) in [5.41, 5.74) is 1.25. The molecule has 1 atom stereocenters. The van der Waals surface area contributed by atoms with E-state index in [-0.39, 0.29) is 5.78 Å². The summed E-state index contributed by atoms with van der Waals surface area (Å²) in [6, 6.07) is 2.49. The van der Waals surface area contributed by atoms with Crippen molar-refractivity contribution in [1.29, 1.82) is 0 Å². The molecule has 1 saturated heterocycles. The third-order valence-electron chi connectivity index (χ3n) is 3.74. The van der Waals surface area contributed by atoms with Crippen molar-refractivity contribution in [3.63, 3.8) is 0 Å². The predicted octanol–water partition coefficient (Wildman–Crippen LogP) is 4.13. The summed E-state index contributed by atoms with van der Waals surface area (Å²) in [5, 5.41) is 5.40. The quantitative estimate of drug-likeness (QED) is 0.796. The fraction of sp³-hybridized carbons (Fsp3) is 0.467. The van der Waals surface area contributed by atoms with Crippen molar-refractivity contribution < 1.29 is 4.79 Å². The SMILES string of the molecule is CC(=O)c1cc(CN2CCCC[C@@H]2c2nccs2)cs1. The average Bonchev–Trinajstić information content (AvgIpc) is 3.10. The molecule has 106 valence electrons. The molecule has 0 amide bonds. The zero-order valence-electron chi connectivity index (χ0n) is 11.5. The van der Waals surface area contributed by atoms with Gasteiger partial charge < -0.3 is 0 Å². The molecule has 0 bridgehead atoms. The van der Waals surface area contributed by atoms with Crippen LogP contribution in [-0.4, -0.2) is 22.2 Å². The highest BCUT2D eigenvalue weighted by Crippen LogP contribution is 2.33. The van der Waals surface area contributed by atoms with Crippen molar-refractivity contribution in [3.8, 4) is 0 Å². The molecular formula is C15H18N2OS2. The largest absolute Gasteiger partial charge is 0.294 e. The second-order valence-corrected chi connectivity index (χ2v) is 7.07. The molecule has 1 aliphatic heterocycles. The monoisotopic (exact) mass is 306 g/mol. The molecule has 0 aliphatic carbocycles. The Kier molecular flexibility index (Phi) is 4.29. The lowest BCUT2D eigenvalue weighted by Crippen LogP contribution is -2.32. The summed E-state index contributed by atoms with van der Waals surface area (Å²) in [6.07, 6.45) is 5.62. The van der Waals surface area contributed by atoms with Gasteiger partial charge in [-0.2, -0.15) is 0 Å². The molecule has 0 radical (unpaired) electrons. The summed E-state index contributed by atoms with van der Waals surface area (Å²) >= 11 is 3.31. The van der Waals surface area contributed by atoms with Crippen molar-refractivity contribution in [3.05, 3.63) is 38.5 Å². The second-order valence-electron chi connectivity index (χ2n) is 5.23. The second kappa shape index (κ2) is 6.16. The van der Waals surface area contributed by atoms with E-state index in [9.17, 15) is 4.79 Å². The number of likely N-dealkylation sites (tertiary alicyclic amines) is 1. The lowest BCUT2D eigenvalue weighted by Gasteiger charge is -2.34. The standard InChI is InChI=1S/C15H18N2OS2/c1-11(18)14-8-12(10-20-14)9-17-6-3-2-4-13(17)15-16-5-7-19-15/h5,7-8,10,13H,2-4,6,9H2,1H3/t13-/m1/s1. The number of thiazole rings is 1. The van der Waals surface area contributed by atoms with Gasteiger partial charge >= 0.3 is 0 Å². The van der Waals surface area contributed by atoms with Gasteiger partial charge in [0, 0.05) is 18.1 Å². The van der Waals surface area contributed by atoms with Gasteiger partial charge in [-0.25, -0.2) is 4.98 Å². The van der Waals surface area contributed by atoms with Crippen LogP contribution >= 0.6 is 22.7 Å². The molecule has 1 aliphatic rings. The van der Waals surface area contributed by atoms with Crippen LogP contribution in [0.2, 0.25) is 0 Å². The van der Waals surface area contributed by atoms with Crippen molar-refractivity contribution in [2.24, 2.45) is 0 Å². The minimum atomic E-state index is 0.163. The zero-order valence-corrected chi connectivity index (χ0v) is 13.2. The normalized spacial score (nSPS) is 20.1. The lowest BCUT2D eigenvalue weighted by atomic mass is 10.0. The summed E-state index contributed by atoms with van der Waals surface area (Å²) in [6.45, 7) is 3.68. The molecule has 0 saturated carbocycles. The molecule has 0 aromatic carbocycles. The number of carbonyl (C=O) groups is 1. The number of aromatic nitrogens is 1. The Bertz CT molecular complexity index is 576. The van der Waals surface area contributed by atoms with Gasteiger partial charge in [0.25, 0.3) is 0 Å². The summed E-state index contributed by atoms with van der Waals surface area (Å²) in [7, 11) is 0. The van der Waals surface area contributed by atoms with E-state index in [1.165, 1.54) is 29.8 Å². The Balaban J connectivity index is 1.74.